The lowest BCUT2D eigenvalue weighted by atomic mass is 10.1. The molecular formula is C18H15BrClFN4O2. The van der Waals surface area contributed by atoms with E-state index in [1.807, 2.05) is 0 Å². The summed E-state index contributed by atoms with van der Waals surface area (Å²) in [4.78, 5) is 4.89. The average Bonchev–Trinajstić information content (AvgIpc) is 2.96. The van der Waals surface area contributed by atoms with E-state index < -0.39 is 12.2 Å². The molecule has 0 fully saturated rings. The van der Waals surface area contributed by atoms with Crippen LogP contribution in [0.4, 0.5) is 10.1 Å². The van der Waals surface area contributed by atoms with E-state index in [1.165, 1.54) is 18.2 Å². The van der Waals surface area contributed by atoms with Crippen LogP contribution in [0.25, 0.3) is 4.85 Å². The van der Waals surface area contributed by atoms with E-state index in [-0.39, 0.29) is 11.5 Å². The molecule has 0 saturated heterocycles. The fourth-order valence-electron chi connectivity index (χ4n) is 2.57. The second kappa shape index (κ2) is 8.13. The van der Waals surface area contributed by atoms with E-state index in [2.05, 4.69) is 31.3 Å². The quantitative estimate of drug-likeness (QED) is 0.648. The molecule has 9 heteroatoms. The van der Waals surface area contributed by atoms with Crippen LogP contribution in [-0.2, 0) is 6.42 Å². The molecule has 1 aliphatic heterocycles. The lowest BCUT2D eigenvalue weighted by Gasteiger charge is -2.17. The molecule has 1 unspecified atom stereocenters. The minimum atomic E-state index is -0.867. The number of amidine groups is 1. The van der Waals surface area contributed by atoms with Gasteiger partial charge < -0.3 is 14.7 Å². The van der Waals surface area contributed by atoms with E-state index in [4.69, 9.17) is 22.9 Å². The lowest BCUT2D eigenvalue weighted by Crippen LogP contribution is -2.36. The zero-order valence-corrected chi connectivity index (χ0v) is 16.6. The minimum absolute atomic E-state index is 0.0190. The third-order valence-electron chi connectivity index (χ3n) is 4.04. The molecule has 2 N–H and O–H groups in total. The normalized spacial score (nSPS) is 15.9. The number of rotatable bonds is 5. The summed E-state index contributed by atoms with van der Waals surface area (Å²) in [5, 5.41) is 13.9. The molecule has 3 rings (SSSR count). The summed E-state index contributed by atoms with van der Waals surface area (Å²) in [6, 6.07) is 7.87. The number of aliphatic hydroxyl groups is 1. The van der Waals surface area contributed by atoms with Gasteiger partial charge in [0.15, 0.2) is 17.3 Å². The predicted octanol–water partition coefficient (Wildman–Crippen LogP) is 4.64. The Kier molecular flexibility index (Phi) is 5.85. The van der Waals surface area contributed by atoms with Crippen LogP contribution in [0.15, 0.2) is 39.9 Å². The van der Waals surface area contributed by atoms with Crippen molar-refractivity contribution in [1.82, 2.24) is 10.3 Å². The minimum Gasteiger partial charge on any atom is -0.454 e. The molecular weight excluding hydrogens is 439 g/mol. The van der Waals surface area contributed by atoms with Crippen LogP contribution in [0, 0.1) is 12.4 Å². The van der Waals surface area contributed by atoms with E-state index in [1.54, 1.807) is 24.1 Å². The Hall–Kier alpha value is -2.34. The number of benzene rings is 2. The summed E-state index contributed by atoms with van der Waals surface area (Å²) in [5.41, 5.74) is 3.29. The summed E-state index contributed by atoms with van der Waals surface area (Å²) in [7, 11) is 1.70. The Morgan fingerprint density at radius 2 is 2.19 bits per heavy atom. The van der Waals surface area contributed by atoms with E-state index >= 15 is 0 Å². The molecule has 0 radical (unpaired) electrons. The van der Waals surface area contributed by atoms with Crippen molar-refractivity contribution in [1.29, 1.82) is 0 Å². The van der Waals surface area contributed by atoms with Crippen molar-refractivity contribution in [3.05, 3.63) is 62.6 Å². The highest BCUT2D eigenvalue weighted by Gasteiger charge is 2.22. The van der Waals surface area contributed by atoms with Crippen LogP contribution in [0.3, 0.4) is 0 Å². The lowest BCUT2D eigenvalue weighted by molar-refractivity contribution is 0.0551. The van der Waals surface area contributed by atoms with Gasteiger partial charge in [0.2, 0.25) is 6.35 Å². The molecule has 0 amide bonds. The molecule has 0 aliphatic carbocycles. The number of nitrogens with one attached hydrogen (secondary N) is 1. The van der Waals surface area contributed by atoms with Crippen molar-refractivity contribution in [2.75, 3.05) is 7.05 Å². The molecule has 27 heavy (non-hydrogen) atoms. The number of ether oxygens (including phenoxy) is 1. The van der Waals surface area contributed by atoms with Crippen molar-refractivity contribution in [3.63, 3.8) is 0 Å². The number of hydrogen-bond donors (Lipinski definition) is 2. The summed E-state index contributed by atoms with van der Waals surface area (Å²) in [6.07, 6.45) is -0.0545. The first-order chi connectivity index (χ1) is 12.9. The standard InChI is InChI=1S/C18H15BrClFN4O2/c1-22-12-7-11(20)8-13(9-12)27-17-14(19)5-3-10(16(17)21)4-6-15-23-24-18(26)25(15)2/h3,5,7-9,18,24,26H,4,6H2,2H3. The van der Waals surface area contributed by atoms with Crippen molar-refractivity contribution < 1.29 is 14.2 Å². The maximum absolute atomic E-state index is 15.0. The zero-order chi connectivity index (χ0) is 19.6. The molecule has 6 nitrogen and oxygen atoms in total. The topological polar surface area (TPSA) is 61.4 Å². The Morgan fingerprint density at radius 3 is 2.85 bits per heavy atom. The van der Waals surface area contributed by atoms with Crippen molar-refractivity contribution in [2.45, 2.75) is 19.2 Å². The number of nitrogens with zero attached hydrogens (tertiary/aromatic N) is 3. The highest BCUT2D eigenvalue weighted by molar-refractivity contribution is 9.10. The van der Waals surface area contributed by atoms with Gasteiger partial charge in [0, 0.05) is 18.5 Å². The fraction of sp³-hybridized carbons (Fsp3) is 0.222. The molecule has 1 aliphatic rings. The zero-order valence-electron chi connectivity index (χ0n) is 14.2. The van der Waals surface area contributed by atoms with Gasteiger partial charge in [-0.25, -0.2) is 9.24 Å². The third-order valence-corrected chi connectivity index (χ3v) is 4.88. The number of aliphatic hydroxyl groups excluding tert-OH is 1. The first-order valence-electron chi connectivity index (χ1n) is 7.95. The Balaban J connectivity index is 1.82. The predicted molar refractivity (Wildman–Crippen MR) is 105 cm³/mol. The molecule has 0 saturated carbocycles. The van der Waals surface area contributed by atoms with Gasteiger partial charge in [0.1, 0.15) is 11.6 Å². The molecule has 2 aromatic carbocycles. The molecule has 0 spiro atoms. The highest BCUT2D eigenvalue weighted by atomic mass is 79.9. The first-order valence-corrected chi connectivity index (χ1v) is 9.12. The summed E-state index contributed by atoms with van der Waals surface area (Å²) in [5.74, 6) is 0.412. The summed E-state index contributed by atoms with van der Waals surface area (Å²) < 4.78 is 21.1. The van der Waals surface area contributed by atoms with Gasteiger partial charge in [0.25, 0.3) is 0 Å². The van der Waals surface area contributed by atoms with Gasteiger partial charge in [-0.05, 0) is 52.2 Å². The SMILES string of the molecule is [C-]#[N+]c1cc(Cl)cc(Oc2c(Br)ccc(CCC3=NNC(O)N3C)c2F)c1. The van der Waals surface area contributed by atoms with Crippen LogP contribution >= 0.6 is 27.5 Å². The first kappa shape index (κ1) is 19.4. The van der Waals surface area contributed by atoms with Crippen LogP contribution in [-0.4, -0.2) is 29.2 Å². The fourth-order valence-corrected chi connectivity index (χ4v) is 3.17. The molecule has 2 aromatic rings. The van der Waals surface area contributed by atoms with Crippen LogP contribution in [0.1, 0.15) is 12.0 Å². The Labute approximate surface area is 169 Å². The third kappa shape index (κ3) is 4.33. The highest BCUT2D eigenvalue weighted by Crippen LogP contribution is 2.37. The van der Waals surface area contributed by atoms with Gasteiger partial charge in [0.05, 0.1) is 11.0 Å². The molecule has 1 atom stereocenters. The van der Waals surface area contributed by atoms with Crippen molar-refractivity contribution >= 4 is 39.1 Å². The molecule has 0 bridgehead atoms. The maximum Gasteiger partial charge on any atom is 0.221 e. The maximum atomic E-state index is 15.0. The second-order valence-corrected chi connectivity index (χ2v) is 7.14. The average molecular weight is 454 g/mol. The number of halogens is 3. The Bertz CT molecular complexity index is 948. The summed E-state index contributed by atoms with van der Waals surface area (Å²) in [6.45, 7) is 7.09. The molecule has 140 valence electrons. The second-order valence-electron chi connectivity index (χ2n) is 5.85. The summed E-state index contributed by atoms with van der Waals surface area (Å²) >= 11 is 9.27. The molecule has 0 aromatic heterocycles. The van der Waals surface area contributed by atoms with Gasteiger partial charge in [-0.1, -0.05) is 17.7 Å². The molecule has 1 heterocycles. The number of hydrogen-bond acceptors (Lipinski definition) is 5. The van der Waals surface area contributed by atoms with Crippen LogP contribution in [0.2, 0.25) is 5.02 Å². The number of hydrazone groups is 1. The van der Waals surface area contributed by atoms with Gasteiger partial charge in [-0.2, -0.15) is 5.10 Å². The number of aryl methyl sites for hydroxylation is 1. The van der Waals surface area contributed by atoms with Gasteiger partial charge >= 0.3 is 0 Å². The van der Waals surface area contributed by atoms with E-state index in [0.717, 1.165) is 0 Å². The smallest absolute Gasteiger partial charge is 0.221 e. The van der Waals surface area contributed by atoms with Gasteiger partial charge in [-0.15, -0.1) is 0 Å². The van der Waals surface area contributed by atoms with Crippen molar-refractivity contribution in [3.8, 4) is 11.5 Å². The van der Waals surface area contributed by atoms with E-state index in [9.17, 15) is 9.50 Å². The monoisotopic (exact) mass is 452 g/mol. The largest absolute Gasteiger partial charge is 0.454 e. The van der Waals surface area contributed by atoms with Crippen LogP contribution < -0.4 is 10.2 Å². The van der Waals surface area contributed by atoms with Gasteiger partial charge in [-0.3, -0.25) is 5.43 Å². The Morgan fingerprint density at radius 1 is 1.41 bits per heavy atom. The van der Waals surface area contributed by atoms with Crippen LogP contribution in [0.5, 0.6) is 11.5 Å². The van der Waals surface area contributed by atoms with E-state index in [0.29, 0.717) is 39.4 Å². The van der Waals surface area contributed by atoms with Crippen molar-refractivity contribution in [2.24, 2.45) is 5.10 Å².